The van der Waals surface area contributed by atoms with Gasteiger partial charge >= 0.3 is 0 Å². The van der Waals surface area contributed by atoms with Crippen LogP contribution in [0.5, 0.6) is 0 Å². The Kier molecular flexibility index (Phi) is 5.11. The predicted octanol–water partition coefficient (Wildman–Crippen LogP) is 1.75. The molecule has 3 aromatic rings. The van der Waals surface area contributed by atoms with Crippen LogP contribution >= 0.6 is 0 Å². The third kappa shape index (κ3) is 3.98. The van der Waals surface area contributed by atoms with Crippen LogP contribution in [-0.2, 0) is 20.0 Å². The van der Waals surface area contributed by atoms with Crippen LogP contribution in [0, 0.1) is 0 Å². The summed E-state index contributed by atoms with van der Waals surface area (Å²) in [4.78, 5) is 23.3. The van der Waals surface area contributed by atoms with Gasteiger partial charge in [-0.15, -0.1) is 0 Å². The first kappa shape index (κ1) is 17.6. The zero-order valence-corrected chi connectivity index (χ0v) is 15.5. The number of nitrogens with zero attached hydrogens (tertiary/aromatic N) is 6. The number of hydrogen-bond donors (Lipinski definition) is 0. The van der Waals surface area contributed by atoms with Crippen LogP contribution in [0.15, 0.2) is 53.8 Å². The summed E-state index contributed by atoms with van der Waals surface area (Å²) in [7, 11) is 2.03. The topological polar surface area (TPSA) is 68.8 Å². The summed E-state index contributed by atoms with van der Waals surface area (Å²) in [5.74, 6) is 1.09. The van der Waals surface area contributed by atoms with Crippen molar-refractivity contribution in [3.63, 3.8) is 0 Å². The highest BCUT2D eigenvalue weighted by molar-refractivity contribution is 5.56. The zero-order valence-electron chi connectivity index (χ0n) is 15.5. The van der Waals surface area contributed by atoms with Gasteiger partial charge in [-0.3, -0.25) is 14.7 Å². The smallest absolute Gasteiger partial charge is 0.266 e. The molecule has 0 aliphatic carbocycles. The van der Waals surface area contributed by atoms with Crippen molar-refractivity contribution in [1.29, 1.82) is 0 Å². The van der Waals surface area contributed by atoms with Crippen molar-refractivity contribution in [2.45, 2.75) is 31.8 Å². The first-order valence-corrected chi connectivity index (χ1v) is 9.39. The Morgan fingerprint density at radius 3 is 2.78 bits per heavy atom. The molecule has 0 aromatic carbocycles. The van der Waals surface area contributed by atoms with Crippen LogP contribution in [0.25, 0.3) is 11.3 Å². The van der Waals surface area contributed by atoms with Crippen LogP contribution in [0.2, 0.25) is 0 Å². The number of aromatic nitrogens is 5. The molecule has 0 amide bonds. The SMILES string of the molecule is Cn1ccnc1CCN1CCCC1Cn1nc(-c2ccncc2)ccc1=O. The van der Waals surface area contributed by atoms with Gasteiger partial charge in [0.15, 0.2) is 0 Å². The Labute approximate surface area is 158 Å². The highest BCUT2D eigenvalue weighted by Crippen LogP contribution is 2.19. The molecule has 0 spiro atoms. The Balaban J connectivity index is 1.47. The summed E-state index contributed by atoms with van der Waals surface area (Å²) in [5.41, 5.74) is 1.72. The van der Waals surface area contributed by atoms with Crippen molar-refractivity contribution in [2.75, 3.05) is 13.1 Å². The second kappa shape index (κ2) is 7.84. The van der Waals surface area contributed by atoms with Crippen LogP contribution in [0.4, 0.5) is 0 Å². The Morgan fingerprint density at radius 2 is 2.00 bits per heavy atom. The van der Waals surface area contributed by atoms with Gasteiger partial charge in [0.25, 0.3) is 5.56 Å². The average molecular weight is 364 g/mol. The van der Waals surface area contributed by atoms with Crippen molar-refractivity contribution in [1.82, 2.24) is 29.2 Å². The second-order valence-electron chi connectivity index (χ2n) is 7.01. The van der Waals surface area contributed by atoms with Gasteiger partial charge < -0.3 is 4.57 Å². The lowest BCUT2D eigenvalue weighted by atomic mass is 10.2. The Hall–Kier alpha value is -2.80. The molecule has 1 atom stereocenters. The first-order valence-electron chi connectivity index (χ1n) is 9.39. The van der Waals surface area contributed by atoms with Crippen molar-refractivity contribution >= 4 is 0 Å². The van der Waals surface area contributed by atoms with Gasteiger partial charge in [-0.25, -0.2) is 9.67 Å². The second-order valence-corrected chi connectivity index (χ2v) is 7.01. The van der Waals surface area contributed by atoms with Gasteiger partial charge in [0.2, 0.25) is 0 Å². The molecule has 27 heavy (non-hydrogen) atoms. The van der Waals surface area contributed by atoms with E-state index in [2.05, 4.69) is 24.5 Å². The van der Waals surface area contributed by atoms with Crippen LogP contribution in [0.1, 0.15) is 18.7 Å². The molecule has 0 radical (unpaired) electrons. The van der Waals surface area contributed by atoms with E-state index in [0.717, 1.165) is 49.4 Å². The Bertz CT molecular complexity index is 948. The zero-order chi connectivity index (χ0) is 18.6. The van der Waals surface area contributed by atoms with Crippen LogP contribution in [-0.4, -0.2) is 48.3 Å². The summed E-state index contributed by atoms with van der Waals surface area (Å²) in [6.45, 7) is 2.64. The van der Waals surface area contributed by atoms with Gasteiger partial charge in [-0.1, -0.05) is 0 Å². The molecule has 4 heterocycles. The monoisotopic (exact) mass is 364 g/mol. The van der Waals surface area contributed by atoms with E-state index in [4.69, 9.17) is 0 Å². The lowest BCUT2D eigenvalue weighted by Crippen LogP contribution is -2.38. The number of imidazole rings is 1. The molecule has 0 saturated carbocycles. The van der Waals surface area contributed by atoms with E-state index < -0.39 is 0 Å². The summed E-state index contributed by atoms with van der Waals surface area (Å²) in [6.07, 6.45) is 10.5. The van der Waals surface area contributed by atoms with Crippen molar-refractivity contribution in [2.24, 2.45) is 7.05 Å². The van der Waals surface area contributed by atoms with E-state index in [9.17, 15) is 4.79 Å². The van der Waals surface area contributed by atoms with E-state index in [-0.39, 0.29) is 5.56 Å². The van der Waals surface area contributed by atoms with Gasteiger partial charge in [0.1, 0.15) is 5.82 Å². The van der Waals surface area contributed by atoms with Crippen LogP contribution in [0.3, 0.4) is 0 Å². The number of likely N-dealkylation sites (tertiary alicyclic amines) is 1. The molecule has 7 nitrogen and oxygen atoms in total. The molecule has 3 aromatic heterocycles. The maximum Gasteiger partial charge on any atom is 0.266 e. The van der Waals surface area contributed by atoms with Gasteiger partial charge in [-0.2, -0.15) is 5.10 Å². The predicted molar refractivity (Wildman–Crippen MR) is 103 cm³/mol. The molecule has 1 fully saturated rings. The van der Waals surface area contributed by atoms with Crippen LogP contribution < -0.4 is 5.56 Å². The third-order valence-corrected chi connectivity index (χ3v) is 5.27. The maximum atomic E-state index is 12.3. The molecule has 0 bridgehead atoms. The third-order valence-electron chi connectivity index (χ3n) is 5.27. The minimum atomic E-state index is -0.0521. The first-order chi connectivity index (χ1) is 13.2. The standard InChI is InChI=1S/C20H24N6O/c1-24-14-11-22-19(24)8-13-25-12-2-3-17(25)15-26-20(27)5-4-18(23-26)16-6-9-21-10-7-16/h4-7,9-11,14,17H,2-3,8,12-13,15H2,1H3. The fraction of sp³-hybridized carbons (Fsp3) is 0.400. The molecule has 0 N–H and O–H groups in total. The number of aryl methyl sites for hydroxylation is 1. The lowest BCUT2D eigenvalue weighted by molar-refractivity contribution is 0.225. The Morgan fingerprint density at radius 1 is 1.15 bits per heavy atom. The largest absolute Gasteiger partial charge is 0.338 e. The average Bonchev–Trinajstić information content (AvgIpc) is 3.31. The fourth-order valence-corrected chi connectivity index (χ4v) is 3.73. The van der Waals surface area contributed by atoms with Crippen molar-refractivity contribution in [3.8, 4) is 11.3 Å². The van der Waals surface area contributed by atoms with E-state index in [0.29, 0.717) is 12.6 Å². The molecule has 140 valence electrons. The molecular formula is C20H24N6O. The molecule has 4 rings (SSSR count). The molecule has 1 unspecified atom stereocenters. The highest BCUT2D eigenvalue weighted by Gasteiger charge is 2.25. The quantitative estimate of drug-likeness (QED) is 0.666. The summed E-state index contributed by atoms with van der Waals surface area (Å²) < 4.78 is 3.68. The summed E-state index contributed by atoms with van der Waals surface area (Å²) in [6, 6.07) is 7.54. The van der Waals surface area contributed by atoms with Gasteiger partial charge in [0.05, 0.1) is 12.2 Å². The van der Waals surface area contributed by atoms with Crippen molar-refractivity contribution < 1.29 is 0 Å². The van der Waals surface area contributed by atoms with E-state index in [1.54, 1.807) is 29.2 Å². The minimum Gasteiger partial charge on any atom is -0.338 e. The maximum absolute atomic E-state index is 12.3. The van der Waals surface area contributed by atoms with Crippen molar-refractivity contribution in [3.05, 3.63) is 65.2 Å². The summed E-state index contributed by atoms with van der Waals surface area (Å²) in [5, 5.41) is 4.60. The molecular weight excluding hydrogens is 340 g/mol. The number of pyridine rings is 1. The normalized spacial score (nSPS) is 17.4. The fourth-order valence-electron chi connectivity index (χ4n) is 3.73. The minimum absolute atomic E-state index is 0.0521. The van der Waals surface area contributed by atoms with E-state index >= 15 is 0 Å². The molecule has 1 aliphatic rings. The number of hydrogen-bond acceptors (Lipinski definition) is 5. The summed E-state index contributed by atoms with van der Waals surface area (Å²) >= 11 is 0. The lowest BCUT2D eigenvalue weighted by Gasteiger charge is -2.24. The van der Waals surface area contributed by atoms with Gasteiger partial charge in [0, 0.05) is 62.5 Å². The molecule has 7 heteroatoms. The highest BCUT2D eigenvalue weighted by atomic mass is 16.1. The molecule has 1 saturated heterocycles. The van der Waals surface area contributed by atoms with Gasteiger partial charge in [-0.05, 0) is 37.6 Å². The molecule has 1 aliphatic heterocycles. The number of rotatable bonds is 6. The van der Waals surface area contributed by atoms with E-state index in [1.165, 1.54) is 0 Å². The van der Waals surface area contributed by atoms with E-state index in [1.807, 2.05) is 31.6 Å².